The molecule has 9 nitrogen and oxygen atoms in total. The number of tetrazole rings is 1. The van der Waals surface area contributed by atoms with Crippen molar-refractivity contribution < 1.29 is 9.72 Å². The summed E-state index contributed by atoms with van der Waals surface area (Å²) in [6.07, 6.45) is 0.508. The molecular formula is C16H14N6O3. The van der Waals surface area contributed by atoms with Crippen molar-refractivity contribution in [1.82, 2.24) is 20.6 Å². The van der Waals surface area contributed by atoms with Crippen LogP contribution in [0.2, 0.25) is 0 Å². The van der Waals surface area contributed by atoms with Gasteiger partial charge in [-0.2, -0.15) is 5.21 Å². The second-order valence-electron chi connectivity index (χ2n) is 5.38. The fraction of sp³-hybridized carbons (Fsp3) is 0.125. The molecule has 25 heavy (non-hydrogen) atoms. The van der Waals surface area contributed by atoms with Crippen molar-refractivity contribution in [2.75, 3.05) is 5.32 Å². The number of aryl methyl sites for hydroxylation is 1. The minimum Gasteiger partial charge on any atom is -0.322 e. The van der Waals surface area contributed by atoms with E-state index in [0.29, 0.717) is 23.5 Å². The van der Waals surface area contributed by atoms with Gasteiger partial charge in [0.15, 0.2) is 5.82 Å². The third-order valence-electron chi connectivity index (χ3n) is 3.64. The molecular weight excluding hydrogens is 324 g/mol. The van der Waals surface area contributed by atoms with Gasteiger partial charge < -0.3 is 5.32 Å². The number of carbonyl (C=O) groups is 1. The van der Waals surface area contributed by atoms with Crippen LogP contribution < -0.4 is 5.32 Å². The average molecular weight is 338 g/mol. The monoisotopic (exact) mass is 338 g/mol. The topological polar surface area (TPSA) is 127 Å². The molecule has 3 rings (SSSR count). The molecule has 0 fully saturated rings. The van der Waals surface area contributed by atoms with E-state index in [-0.39, 0.29) is 11.3 Å². The normalized spacial score (nSPS) is 10.4. The standard InChI is InChI=1S/C16H14N6O3/c1-10-3-2-4-13(22(24)25)15(10)16(23)17-12-7-5-11(6-8-12)9-14-18-20-21-19-14/h2-8H,9H2,1H3,(H,17,23)(H,18,19,20,21). The van der Waals surface area contributed by atoms with Gasteiger partial charge >= 0.3 is 0 Å². The van der Waals surface area contributed by atoms with E-state index >= 15 is 0 Å². The van der Waals surface area contributed by atoms with E-state index in [1.165, 1.54) is 6.07 Å². The van der Waals surface area contributed by atoms with Crippen LogP contribution in [0.3, 0.4) is 0 Å². The summed E-state index contributed by atoms with van der Waals surface area (Å²) in [6.45, 7) is 1.66. The third-order valence-corrected chi connectivity index (χ3v) is 3.64. The number of benzene rings is 2. The van der Waals surface area contributed by atoms with E-state index in [1.807, 2.05) is 12.1 Å². The van der Waals surface area contributed by atoms with Gasteiger partial charge in [0.25, 0.3) is 11.6 Å². The molecule has 0 aliphatic carbocycles. The first-order chi connectivity index (χ1) is 12.0. The number of aromatic nitrogens is 4. The Morgan fingerprint density at radius 3 is 2.64 bits per heavy atom. The molecule has 2 aromatic carbocycles. The largest absolute Gasteiger partial charge is 0.322 e. The highest BCUT2D eigenvalue weighted by molar-refractivity contribution is 6.08. The zero-order valence-corrected chi connectivity index (χ0v) is 13.3. The van der Waals surface area contributed by atoms with Gasteiger partial charge in [-0.05, 0) is 30.2 Å². The van der Waals surface area contributed by atoms with Crippen LogP contribution in [-0.2, 0) is 6.42 Å². The second kappa shape index (κ2) is 6.87. The number of nitrogens with one attached hydrogen (secondary N) is 2. The van der Waals surface area contributed by atoms with Gasteiger partial charge in [0.1, 0.15) is 5.56 Å². The number of hydrogen-bond donors (Lipinski definition) is 2. The predicted octanol–water partition coefficient (Wildman–Crippen LogP) is 2.26. The number of hydrogen-bond acceptors (Lipinski definition) is 6. The highest BCUT2D eigenvalue weighted by atomic mass is 16.6. The van der Waals surface area contributed by atoms with E-state index < -0.39 is 10.8 Å². The van der Waals surface area contributed by atoms with Gasteiger partial charge in [0.05, 0.1) is 4.92 Å². The predicted molar refractivity (Wildman–Crippen MR) is 89.2 cm³/mol. The zero-order valence-electron chi connectivity index (χ0n) is 13.3. The van der Waals surface area contributed by atoms with Gasteiger partial charge in [0.2, 0.25) is 0 Å². The molecule has 0 radical (unpaired) electrons. The number of nitro benzene ring substituents is 1. The average Bonchev–Trinajstić information content (AvgIpc) is 3.09. The fourth-order valence-corrected chi connectivity index (χ4v) is 2.44. The Morgan fingerprint density at radius 2 is 2.00 bits per heavy atom. The number of aromatic amines is 1. The molecule has 0 aliphatic heterocycles. The van der Waals surface area contributed by atoms with Crippen molar-refractivity contribution in [3.05, 3.63) is 75.1 Å². The Morgan fingerprint density at radius 1 is 1.24 bits per heavy atom. The molecule has 0 atom stereocenters. The lowest BCUT2D eigenvalue weighted by molar-refractivity contribution is -0.385. The summed E-state index contributed by atoms with van der Waals surface area (Å²) in [5.74, 6) is 0.0445. The first-order valence-electron chi connectivity index (χ1n) is 7.41. The Balaban J connectivity index is 1.76. The van der Waals surface area contributed by atoms with E-state index in [4.69, 9.17) is 0 Å². The van der Waals surface area contributed by atoms with E-state index in [0.717, 1.165) is 5.56 Å². The number of anilines is 1. The van der Waals surface area contributed by atoms with Crippen molar-refractivity contribution in [2.24, 2.45) is 0 Å². The molecule has 0 saturated carbocycles. The molecule has 0 saturated heterocycles. The minimum absolute atomic E-state index is 0.0587. The molecule has 2 N–H and O–H groups in total. The van der Waals surface area contributed by atoms with Crippen LogP contribution in [0, 0.1) is 17.0 Å². The number of nitrogens with zero attached hydrogens (tertiary/aromatic N) is 4. The summed E-state index contributed by atoms with van der Waals surface area (Å²) < 4.78 is 0. The van der Waals surface area contributed by atoms with Crippen LogP contribution >= 0.6 is 0 Å². The summed E-state index contributed by atoms with van der Waals surface area (Å²) in [4.78, 5) is 23.0. The summed E-state index contributed by atoms with van der Waals surface area (Å²) in [6, 6.07) is 11.6. The van der Waals surface area contributed by atoms with Crippen molar-refractivity contribution in [3.8, 4) is 0 Å². The lowest BCUT2D eigenvalue weighted by Gasteiger charge is -2.09. The fourth-order valence-electron chi connectivity index (χ4n) is 2.44. The van der Waals surface area contributed by atoms with Gasteiger partial charge in [-0.25, -0.2) is 0 Å². The Kier molecular flexibility index (Phi) is 4.46. The van der Waals surface area contributed by atoms with Crippen molar-refractivity contribution in [2.45, 2.75) is 13.3 Å². The van der Waals surface area contributed by atoms with Crippen LogP contribution in [0.4, 0.5) is 11.4 Å². The number of nitro groups is 1. The molecule has 0 spiro atoms. The number of H-pyrrole nitrogens is 1. The highest BCUT2D eigenvalue weighted by Crippen LogP contribution is 2.23. The van der Waals surface area contributed by atoms with Crippen LogP contribution in [-0.4, -0.2) is 31.5 Å². The minimum atomic E-state index is -0.560. The first kappa shape index (κ1) is 16.2. The van der Waals surface area contributed by atoms with Gasteiger partial charge in [-0.1, -0.05) is 29.5 Å². The summed E-state index contributed by atoms with van der Waals surface area (Å²) in [5.41, 5.74) is 1.87. The van der Waals surface area contributed by atoms with E-state index in [2.05, 4.69) is 25.9 Å². The van der Waals surface area contributed by atoms with Crippen LogP contribution in [0.5, 0.6) is 0 Å². The lowest BCUT2D eigenvalue weighted by Crippen LogP contribution is -2.15. The first-order valence-corrected chi connectivity index (χ1v) is 7.41. The quantitative estimate of drug-likeness (QED) is 0.542. The van der Waals surface area contributed by atoms with E-state index in [1.54, 1.807) is 31.2 Å². The molecule has 1 amide bonds. The highest BCUT2D eigenvalue weighted by Gasteiger charge is 2.22. The van der Waals surface area contributed by atoms with Crippen molar-refractivity contribution in [3.63, 3.8) is 0 Å². The summed E-state index contributed by atoms with van der Waals surface area (Å²) in [7, 11) is 0. The molecule has 126 valence electrons. The molecule has 0 unspecified atom stereocenters. The third kappa shape index (κ3) is 3.66. The SMILES string of the molecule is Cc1cccc([N+](=O)[O-])c1C(=O)Nc1ccc(Cc2nn[nH]n2)cc1. The van der Waals surface area contributed by atoms with Gasteiger partial charge in [-0.15, -0.1) is 10.2 Å². The molecule has 3 aromatic rings. The van der Waals surface area contributed by atoms with Crippen molar-refractivity contribution >= 4 is 17.3 Å². The Hall–Kier alpha value is -3.62. The Labute approximate surface area is 142 Å². The number of rotatable bonds is 5. The smallest absolute Gasteiger partial charge is 0.282 e. The maximum absolute atomic E-state index is 12.5. The lowest BCUT2D eigenvalue weighted by atomic mass is 10.1. The number of amides is 1. The molecule has 0 bridgehead atoms. The van der Waals surface area contributed by atoms with Crippen LogP contribution in [0.25, 0.3) is 0 Å². The maximum atomic E-state index is 12.5. The van der Waals surface area contributed by atoms with Gasteiger partial charge in [0, 0.05) is 18.2 Å². The molecule has 9 heteroatoms. The molecule has 1 aromatic heterocycles. The maximum Gasteiger partial charge on any atom is 0.282 e. The zero-order chi connectivity index (χ0) is 17.8. The van der Waals surface area contributed by atoms with E-state index in [9.17, 15) is 14.9 Å². The van der Waals surface area contributed by atoms with Crippen LogP contribution in [0.1, 0.15) is 27.3 Å². The second-order valence-corrected chi connectivity index (χ2v) is 5.38. The number of carbonyl (C=O) groups excluding carboxylic acids is 1. The summed E-state index contributed by atoms with van der Waals surface area (Å²) >= 11 is 0. The Bertz CT molecular complexity index is 906. The summed E-state index contributed by atoms with van der Waals surface area (Å²) in [5, 5.41) is 27.4. The van der Waals surface area contributed by atoms with Crippen LogP contribution in [0.15, 0.2) is 42.5 Å². The van der Waals surface area contributed by atoms with Gasteiger partial charge in [-0.3, -0.25) is 14.9 Å². The van der Waals surface area contributed by atoms with Crippen molar-refractivity contribution in [1.29, 1.82) is 0 Å². The molecule has 0 aliphatic rings. The molecule has 1 heterocycles.